The summed E-state index contributed by atoms with van der Waals surface area (Å²) in [5.41, 5.74) is -6.09. The third kappa shape index (κ3) is 6.55. The lowest BCUT2D eigenvalue weighted by atomic mass is 9.45. The van der Waals surface area contributed by atoms with Gasteiger partial charge in [0.2, 0.25) is 0 Å². The first-order chi connectivity index (χ1) is 27.5. The number of esters is 3. The van der Waals surface area contributed by atoms with Crippen LogP contribution >= 0.6 is 0 Å². The number of nitrogens with one attached hydrogen (secondary N) is 1. The summed E-state index contributed by atoms with van der Waals surface area (Å²) in [6.07, 6.45) is -6.76. The number of ether oxygens (including phenoxy) is 4. The lowest BCUT2D eigenvalue weighted by molar-refractivity contribution is -0.343. The molecular formula is C45H47NO12. The molecule has 3 fully saturated rings. The molecule has 2 saturated carbocycles. The van der Waals surface area contributed by atoms with Crippen LogP contribution in [0.1, 0.15) is 72.9 Å². The molecule has 1 amide bonds. The molecule has 1 aliphatic heterocycles. The van der Waals surface area contributed by atoms with E-state index in [1.165, 1.54) is 32.1 Å². The number of benzene rings is 3. The molecule has 58 heavy (non-hydrogen) atoms. The molecule has 10 atom stereocenters. The SMILES string of the molecule is C=C1/C2=C/C(=O)[C@@]3(C)C(C(OC(=O)c4ccccc4)[C@](O)(C[C@@H]1OC(=O)[C@H](O)[C@@H](NC(=O)c1ccccc1)c1ccccc1)C2(C)C)[C@]1(OC(C)=O)CO[C@@H]1C[C@@H]3O. The Kier molecular flexibility index (Phi) is 10.6. The highest BCUT2D eigenvalue weighted by Gasteiger charge is 2.76. The molecule has 4 aliphatic rings. The monoisotopic (exact) mass is 793 g/mol. The van der Waals surface area contributed by atoms with Gasteiger partial charge in [-0.15, -0.1) is 0 Å². The molecule has 1 saturated heterocycles. The highest BCUT2D eigenvalue weighted by molar-refractivity contribution is 5.98. The molecule has 3 aromatic rings. The van der Waals surface area contributed by atoms with Crippen LogP contribution < -0.4 is 5.32 Å². The van der Waals surface area contributed by atoms with Crippen LogP contribution in [0.4, 0.5) is 0 Å². The molecule has 0 aromatic heterocycles. The first kappa shape index (κ1) is 40.7. The quantitative estimate of drug-likeness (QED) is 0.180. The number of allylic oxidation sites excluding steroid dienone is 1. The normalized spacial score (nSPS) is 32.8. The van der Waals surface area contributed by atoms with Crippen LogP contribution in [0.25, 0.3) is 0 Å². The van der Waals surface area contributed by atoms with Crippen LogP contribution in [0.2, 0.25) is 0 Å². The molecule has 4 N–H and O–H groups in total. The standard InChI is InChI=1S/C45H47NO12/c1-25-30-21-32(48)43(5)33(49)22-34-44(24-55-34,58-26(2)47)37(43)38(57-40(52)29-19-13-8-14-20-29)45(54,42(30,3)4)23-31(25)56-41(53)36(50)35(27-15-9-6-10-16-27)46-39(51)28-17-11-7-12-18-28/h6-21,31,33-38,49-50,54H,1,22-24H2,2-5H3,(H,46,51)/b30-21-/t31-,33-,34+,35-,36+,37?,38?,43+,44-,45+/m0/s1. The van der Waals surface area contributed by atoms with E-state index in [-0.39, 0.29) is 35.3 Å². The Balaban J connectivity index is 1.32. The van der Waals surface area contributed by atoms with Crippen molar-refractivity contribution in [2.45, 2.75) is 88.3 Å². The minimum atomic E-state index is -2.24. The van der Waals surface area contributed by atoms with Gasteiger partial charge in [0, 0.05) is 30.7 Å². The average Bonchev–Trinajstić information content (AvgIpc) is 3.20. The van der Waals surface area contributed by atoms with E-state index in [0.717, 1.165) is 0 Å². The lowest BCUT2D eigenvalue weighted by Crippen LogP contribution is -2.80. The van der Waals surface area contributed by atoms with E-state index in [0.29, 0.717) is 5.56 Å². The van der Waals surface area contributed by atoms with Gasteiger partial charge in [-0.05, 0) is 54.0 Å². The minimum absolute atomic E-state index is 0.0984. The van der Waals surface area contributed by atoms with Gasteiger partial charge < -0.3 is 39.6 Å². The smallest absolute Gasteiger partial charge is 0.338 e. The number of fused-ring (bicyclic) bond motifs is 5. The predicted octanol–water partition coefficient (Wildman–Crippen LogP) is 3.97. The molecule has 2 unspecified atom stereocenters. The van der Waals surface area contributed by atoms with Crippen molar-refractivity contribution in [3.8, 4) is 0 Å². The van der Waals surface area contributed by atoms with Gasteiger partial charge in [0.15, 0.2) is 17.5 Å². The molecule has 3 aliphatic carbocycles. The first-order valence-electron chi connectivity index (χ1n) is 19.2. The summed E-state index contributed by atoms with van der Waals surface area (Å²) >= 11 is 0. The second kappa shape index (κ2) is 15.0. The number of ketones is 1. The largest absolute Gasteiger partial charge is 0.455 e. The third-order valence-corrected chi connectivity index (χ3v) is 12.8. The summed E-state index contributed by atoms with van der Waals surface area (Å²) in [5, 5.41) is 39.6. The van der Waals surface area contributed by atoms with E-state index in [9.17, 15) is 39.3 Å². The molecule has 2 bridgehead atoms. The number of carbonyl (C=O) groups excluding carboxylic acids is 5. The highest BCUT2D eigenvalue weighted by atomic mass is 16.6. The van der Waals surface area contributed by atoms with Gasteiger partial charge in [0.25, 0.3) is 5.91 Å². The second-order valence-corrected chi connectivity index (χ2v) is 16.4. The van der Waals surface area contributed by atoms with Crippen molar-refractivity contribution in [3.05, 3.63) is 131 Å². The molecule has 7 rings (SSSR count). The fraction of sp³-hybridized carbons (Fsp3) is 0.400. The van der Waals surface area contributed by atoms with Crippen molar-refractivity contribution in [1.29, 1.82) is 0 Å². The number of aliphatic hydroxyl groups is 3. The van der Waals surface area contributed by atoms with E-state index >= 15 is 0 Å². The van der Waals surface area contributed by atoms with Gasteiger partial charge >= 0.3 is 17.9 Å². The summed E-state index contributed by atoms with van der Waals surface area (Å²) in [5.74, 6) is -5.36. The molecule has 3 aromatic carbocycles. The van der Waals surface area contributed by atoms with E-state index in [4.69, 9.17) is 18.9 Å². The zero-order chi connectivity index (χ0) is 41.8. The maximum atomic E-state index is 14.8. The molecular weight excluding hydrogens is 746 g/mol. The van der Waals surface area contributed by atoms with Crippen molar-refractivity contribution < 1.29 is 58.2 Å². The van der Waals surface area contributed by atoms with E-state index in [2.05, 4.69) is 11.9 Å². The maximum absolute atomic E-state index is 14.8. The van der Waals surface area contributed by atoms with Gasteiger partial charge in [-0.2, -0.15) is 0 Å². The summed E-state index contributed by atoms with van der Waals surface area (Å²) in [6, 6.07) is 23.3. The summed E-state index contributed by atoms with van der Waals surface area (Å²) in [6.45, 7) is 9.93. The molecule has 1 heterocycles. The van der Waals surface area contributed by atoms with Gasteiger partial charge in [0.05, 0.1) is 35.6 Å². The molecule has 13 nitrogen and oxygen atoms in total. The Labute approximate surface area is 335 Å². The molecule has 13 heteroatoms. The topological polar surface area (TPSA) is 195 Å². The van der Waals surface area contributed by atoms with Crippen LogP contribution in [0.3, 0.4) is 0 Å². The summed E-state index contributed by atoms with van der Waals surface area (Å²) in [7, 11) is 0. The van der Waals surface area contributed by atoms with Crippen LogP contribution in [0, 0.1) is 16.7 Å². The number of hydrogen-bond acceptors (Lipinski definition) is 12. The Morgan fingerprint density at radius 1 is 0.897 bits per heavy atom. The van der Waals surface area contributed by atoms with Crippen LogP contribution in [-0.4, -0.2) is 93.2 Å². The van der Waals surface area contributed by atoms with Gasteiger partial charge in [-0.25, -0.2) is 9.59 Å². The van der Waals surface area contributed by atoms with Crippen molar-refractivity contribution in [1.82, 2.24) is 5.32 Å². The highest BCUT2D eigenvalue weighted by Crippen LogP contribution is 2.63. The molecule has 0 radical (unpaired) electrons. The minimum Gasteiger partial charge on any atom is -0.455 e. The number of aliphatic hydroxyl groups excluding tert-OH is 2. The average molecular weight is 794 g/mol. The van der Waals surface area contributed by atoms with Gasteiger partial charge in [-0.1, -0.05) is 87.2 Å². The zero-order valence-corrected chi connectivity index (χ0v) is 32.6. The second-order valence-electron chi connectivity index (χ2n) is 16.4. The van der Waals surface area contributed by atoms with E-state index < -0.39 is 101 Å². The van der Waals surface area contributed by atoms with Gasteiger partial charge in [0.1, 0.15) is 23.9 Å². The molecule has 0 spiro atoms. The van der Waals surface area contributed by atoms with Crippen molar-refractivity contribution in [2.75, 3.05) is 6.61 Å². The van der Waals surface area contributed by atoms with Crippen LogP contribution in [-0.2, 0) is 33.3 Å². The summed E-state index contributed by atoms with van der Waals surface area (Å²) < 4.78 is 24.2. The fourth-order valence-electron chi connectivity index (χ4n) is 9.38. The first-order valence-corrected chi connectivity index (χ1v) is 19.2. The van der Waals surface area contributed by atoms with Crippen molar-refractivity contribution in [2.24, 2.45) is 16.7 Å². The Morgan fingerprint density at radius 2 is 1.48 bits per heavy atom. The lowest BCUT2D eigenvalue weighted by Gasteiger charge is -2.66. The predicted molar refractivity (Wildman–Crippen MR) is 207 cm³/mol. The van der Waals surface area contributed by atoms with Crippen LogP contribution in [0.15, 0.2) is 115 Å². The van der Waals surface area contributed by atoms with E-state index in [1.807, 2.05) is 0 Å². The number of hydrogen-bond donors (Lipinski definition) is 4. The molecule has 304 valence electrons. The van der Waals surface area contributed by atoms with E-state index in [1.54, 1.807) is 92.7 Å². The van der Waals surface area contributed by atoms with Gasteiger partial charge in [-0.3, -0.25) is 14.4 Å². The summed E-state index contributed by atoms with van der Waals surface area (Å²) in [4.78, 5) is 69.2. The Bertz CT molecular complexity index is 2150. The maximum Gasteiger partial charge on any atom is 0.338 e. The van der Waals surface area contributed by atoms with Crippen molar-refractivity contribution in [3.63, 3.8) is 0 Å². The van der Waals surface area contributed by atoms with Crippen molar-refractivity contribution >= 4 is 29.6 Å². The number of amides is 1. The number of rotatable bonds is 9. The fourth-order valence-corrected chi connectivity index (χ4v) is 9.38. The van der Waals surface area contributed by atoms with Crippen LogP contribution in [0.5, 0.6) is 0 Å². The zero-order valence-electron chi connectivity index (χ0n) is 32.6. The Morgan fingerprint density at radius 3 is 2.05 bits per heavy atom. The number of carbonyl (C=O) groups is 5. The Hall–Kier alpha value is -5.47. The third-order valence-electron chi connectivity index (χ3n) is 12.8.